The van der Waals surface area contributed by atoms with Gasteiger partial charge in [-0.1, -0.05) is 0 Å². The monoisotopic (exact) mass is 203 g/mol. The molecule has 0 bridgehead atoms. The third-order valence-electron chi connectivity index (χ3n) is 2.33. The van der Waals surface area contributed by atoms with E-state index in [0.717, 1.165) is 18.7 Å². The Morgan fingerprint density at radius 1 is 1.33 bits per heavy atom. The van der Waals surface area contributed by atoms with Crippen LogP contribution in [0.15, 0.2) is 37.2 Å². The molecule has 4 heteroatoms. The van der Waals surface area contributed by atoms with Crippen LogP contribution in [0.25, 0.3) is 0 Å². The Kier molecular flexibility index (Phi) is 2.67. The lowest BCUT2D eigenvalue weighted by Crippen LogP contribution is -2.04. The molecule has 0 aliphatic carbocycles. The van der Waals surface area contributed by atoms with Gasteiger partial charge in [0, 0.05) is 43.4 Å². The van der Waals surface area contributed by atoms with Crippen molar-refractivity contribution in [2.75, 3.05) is 0 Å². The zero-order valence-electron chi connectivity index (χ0n) is 8.63. The van der Waals surface area contributed by atoms with Crippen molar-refractivity contribution in [1.82, 2.24) is 14.1 Å². The summed E-state index contributed by atoms with van der Waals surface area (Å²) in [7, 11) is 0. The number of carbonyl (C=O) groups is 1. The van der Waals surface area contributed by atoms with E-state index >= 15 is 0 Å². The Bertz CT molecular complexity index is 442. The largest absolute Gasteiger partial charge is 0.352 e. The van der Waals surface area contributed by atoms with Gasteiger partial charge in [0.05, 0.1) is 6.33 Å². The first kappa shape index (κ1) is 9.71. The maximum Gasteiger partial charge on any atom is 0.161 e. The fourth-order valence-electron chi connectivity index (χ4n) is 1.44. The van der Waals surface area contributed by atoms with Crippen LogP contribution in [0.5, 0.6) is 0 Å². The van der Waals surface area contributed by atoms with E-state index in [9.17, 15) is 4.79 Å². The van der Waals surface area contributed by atoms with Crippen molar-refractivity contribution < 1.29 is 4.79 Å². The topological polar surface area (TPSA) is 39.8 Å². The lowest BCUT2D eigenvalue weighted by Gasteiger charge is -2.03. The van der Waals surface area contributed by atoms with E-state index in [1.54, 1.807) is 19.4 Å². The van der Waals surface area contributed by atoms with E-state index in [4.69, 9.17) is 0 Å². The van der Waals surface area contributed by atoms with Crippen LogP contribution >= 0.6 is 0 Å². The molecule has 0 aromatic carbocycles. The molecule has 2 rings (SSSR count). The summed E-state index contributed by atoms with van der Waals surface area (Å²) >= 11 is 0. The molecule has 0 fully saturated rings. The van der Waals surface area contributed by atoms with Crippen LogP contribution in [0.2, 0.25) is 0 Å². The highest BCUT2D eigenvalue weighted by atomic mass is 16.1. The summed E-state index contributed by atoms with van der Waals surface area (Å²) in [5.41, 5.74) is 0.764. The molecule has 0 spiro atoms. The highest BCUT2D eigenvalue weighted by Gasteiger charge is 2.00. The zero-order valence-corrected chi connectivity index (χ0v) is 8.63. The predicted octanol–water partition coefficient (Wildman–Crippen LogP) is 1.59. The summed E-state index contributed by atoms with van der Waals surface area (Å²) in [4.78, 5) is 15.0. The second kappa shape index (κ2) is 4.13. The van der Waals surface area contributed by atoms with Gasteiger partial charge >= 0.3 is 0 Å². The Balaban J connectivity index is 1.96. The first-order chi connectivity index (χ1) is 7.25. The summed E-state index contributed by atoms with van der Waals surface area (Å²) in [5, 5.41) is 0. The number of aryl methyl sites for hydroxylation is 2. The van der Waals surface area contributed by atoms with Crippen LogP contribution < -0.4 is 0 Å². The number of aromatic nitrogens is 3. The summed E-state index contributed by atoms with van der Waals surface area (Å²) in [6.45, 7) is 3.30. The molecule has 0 N–H and O–H groups in total. The summed E-state index contributed by atoms with van der Waals surface area (Å²) < 4.78 is 4.02. The Morgan fingerprint density at radius 2 is 2.13 bits per heavy atom. The van der Waals surface area contributed by atoms with E-state index in [1.165, 1.54) is 0 Å². The van der Waals surface area contributed by atoms with Crippen LogP contribution in [0, 0.1) is 0 Å². The van der Waals surface area contributed by atoms with E-state index in [2.05, 4.69) is 4.98 Å². The van der Waals surface area contributed by atoms with Crippen LogP contribution in [0.3, 0.4) is 0 Å². The molecule has 0 saturated carbocycles. The molecular formula is C11H13N3O. The zero-order chi connectivity index (χ0) is 10.7. The molecule has 0 atom stereocenters. The van der Waals surface area contributed by atoms with Crippen LogP contribution in [0.4, 0.5) is 0 Å². The summed E-state index contributed by atoms with van der Waals surface area (Å²) in [6, 6.07) is 1.84. The number of carbonyl (C=O) groups excluding carboxylic acids is 1. The lowest BCUT2D eigenvalue weighted by atomic mass is 10.2. The first-order valence-electron chi connectivity index (χ1n) is 4.88. The third-order valence-corrected chi connectivity index (χ3v) is 2.33. The summed E-state index contributed by atoms with van der Waals surface area (Å²) in [6.07, 6.45) is 9.27. The number of nitrogens with zero attached hydrogens (tertiary/aromatic N) is 3. The molecule has 0 aliphatic rings. The van der Waals surface area contributed by atoms with Gasteiger partial charge in [0.2, 0.25) is 0 Å². The van der Waals surface area contributed by atoms with Gasteiger partial charge in [0.15, 0.2) is 5.78 Å². The molecule has 0 saturated heterocycles. The molecule has 0 radical (unpaired) electrons. The van der Waals surface area contributed by atoms with Gasteiger partial charge < -0.3 is 9.13 Å². The van der Waals surface area contributed by atoms with Crippen molar-refractivity contribution in [3.63, 3.8) is 0 Å². The van der Waals surface area contributed by atoms with Crippen molar-refractivity contribution in [2.45, 2.75) is 20.0 Å². The van der Waals surface area contributed by atoms with Crippen molar-refractivity contribution >= 4 is 5.78 Å². The van der Waals surface area contributed by atoms with Crippen molar-refractivity contribution in [3.05, 3.63) is 42.7 Å². The average molecular weight is 203 g/mol. The third kappa shape index (κ3) is 2.34. The second-order valence-corrected chi connectivity index (χ2v) is 3.49. The van der Waals surface area contributed by atoms with Gasteiger partial charge in [-0.2, -0.15) is 0 Å². The van der Waals surface area contributed by atoms with Crippen molar-refractivity contribution in [3.8, 4) is 0 Å². The van der Waals surface area contributed by atoms with E-state index in [1.807, 2.05) is 33.8 Å². The fourth-order valence-corrected chi connectivity index (χ4v) is 1.44. The highest BCUT2D eigenvalue weighted by Crippen LogP contribution is 2.02. The Morgan fingerprint density at radius 3 is 2.73 bits per heavy atom. The number of hydrogen-bond acceptors (Lipinski definition) is 2. The maximum atomic E-state index is 11.1. The molecular weight excluding hydrogens is 190 g/mol. The molecule has 0 unspecified atom stereocenters. The van der Waals surface area contributed by atoms with Crippen molar-refractivity contribution in [1.29, 1.82) is 0 Å². The summed E-state index contributed by atoms with van der Waals surface area (Å²) in [5.74, 6) is 0.108. The average Bonchev–Trinajstić information content (AvgIpc) is 2.86. The number of ketones is 1. The number of Topliss-reactive ketones (excluding diaryl/α,β-unsaturated/α-hetero) is 1. The molecule has 2 aromatic heterocycles. The minimum atomic E-state index is 0.108. The Labute approximate surface area is 88.2 Å². The molecule has 78 valence electrons. The van der Waals surface area contributed by atoms with Gasteiger partial charge in [-0.15, -0.1) is 0 Å². The van der Waals surface area contributed by atoms with Crippen molar-refractivity contribution in [2.24, 2.45) is 0 Å². The molecule has 4 nitrogen and oxygen atoms in total. The first-order valence-corrected chi connectivity index (χ1v) is 4.88. The predicted molar refractivity (Wildman–Crippen MR) is 56.7 cm³/mol. The number of imidazole rings is 1. The van der Waals surface area contributed by atoms with Gasteiger partial charge in [-0.05, 0) is 13.0 Å². The Hall–Kier alpha value is -1.84. The normalized spacial score (nSPS) is 10.5. The fraction of sp³-hybridized carbons (Fsp3) is 0.273. The minimum absolute atomic E-state index is 0.108. The van der Waals surface area contributed by atoms with Gasteiger partial charge in [-0.25, -0.2) is 4.98 Å². The molecule has 0 amide bonds. The van der Waals surface area contributed by atoms with Crippen LogP contribution in [-0.4, -0.2) is 19.9 Å². The number of hydrogen-bond donors (Lipinski definition) is 0. The van der Waals surface area contributed by atoms with Gasteiger partial charge in [0.25, 0.3) is 0 Å². The quantitative estimate of drug-likeness (QED) is 0.708. The van der Waals surface area contributed by atoms with Crippen LogP contribution in [-0.2, 0) is 13.1 Å². The second-order valence-electron chi connectivity index (χ2n) is 3.49. The molecule has 2 aromatic rings. The van der Waals surface area contributed by atoms with Crippen LogP contribution in [0.1, 0.15) is 17.3 Å². The minimum Gasteiger partial charge on any atom is -0.352 e. The SMILES string of the molecule is CC(=O)c1ccn(CCn2ccnc2)c1. The molecule has 2 heterocycles. The van der Waals surface area contributed by atoms with Gasteiger partial charge in [-0.3, -0.25) is 4.79 Å². The van der Waals surface area contributed by atoms with E-state index in [0.29, 0.717) is 0 Å². The number of rotatable bonds is 4. The maximum absolute atomic E-state index is 11.1. The lowest BCUT2D eigenvalue weighted by molar-refractivity contribution is 0.101. The van der Waals surface area contributed by atoms with Gasteiger partial charge in [0.1, 0.15) is 0 Å². The molecule has 0 aliphatic heterocycles. The standard InChI is InChI=1S/C11H13N3O/c1-10(15)11-2-4-13(8-11)6-7-14-5-3-12-9-14/h2-5,8-9H,6-7H2,1H3. The smallest absolute Gasteiger partial charge is 0.161 e. The highest BCUT2D eigenvalue weighted by molar-refractivity contribution is 5.93. The van der Waals surface area contributed by atoms with E-state index in [-0.39, 0.29) is 5.78 Å². The molecule has 15 heavy (non-hydrogen) atoms. The van der Waals surface area contributed by atoms with E-state index < -0.39 is 0 Å².